The Morgan fingerprint density at radius 1 is 0.667 bits per heavy atom. The molecule has 4 atom stereocenters. The van der Waals surface area contributed by atoms with Crippen molar-refractivity contribution in [2.24, 2.45) is 17.9 Å². The molecule has 4 aliphatic rings. The molecule has 7 rings (SSSR count). The van der Waals surface area contributed by atoms with Gasteiger partial charge in [-0.2, -0.15) is 0 Å². The maximum absolute atomic E-state index is 13.0. The van der Waals surface area contributed by atoms with E-state index in [2.05, 4.69) is 74.5 Å². The van der Waals surface area contributed by atoms with Gasteiger partial charge in [-0.05, 0) is 22.3 Å². The van der Waals surface area contributed by atoms with Crippen LogP contribution in [-0.2, 0) is 7.05 Å². The van der Waals surface area contributed by atoms with Gasteiger partial charge in [-0.15, -0.1) is 0 Å². The highest BCUT2D eigenvalue weighted by Gasteiger charge is 2.70. The Bertz CT molecular complexity index is 1270. The highest BCUT2D eigenvalue weighted by molar-refractivity contribution is 6.05. The summed E-state index contributed by atoms with van der Waals surface area (Å²) in [6.07, 6.45) is 4.25. The summed E-state index contributed by atoms with van der Waals surface area (Å²) in [7, 11) is 1.57. The average molecular weight is 397 g/mol. The van der Waals surface area contributed by atoms with E-state index in [0.29, 0.717) is 0 Å². The Morgan fingerprint density at radius 2 is 1.03 bits per heavy atom. The van der Waals surface area contributed by atoms with Crippen molar-refractivity contribution in [3.05, 3.63) is 105 Å². The van der Waals surface area contributed by atoms with Crippen LogP contribution in [0.1, 0.15) is 37.1 Å². The number of hydrogen-bond acceptors (Lipinski definition) is 2. The first-order valence-corrected chi connectivity index (χ1v) is 10.4. The van der Waals surface area contributed by atoms with Crippen molar-refractivity contribution in [1.82, 2.24) is 13.9 Å². The summed E-state index contributed by atoms with van der Waals surface area (Å²) in [5.41, 5.74) is 3.78. The van der Waals surface area contributed by atoms with Crippen LogP contribution in [0.2, 0.25) is 0 Å². The molecule has 3 aromatic rings. The van der Waals surface area contributed by atoms with Gasteiger partial charge in [-0.1, -0.05) is 86.7 Å². The van der Waals surface area contributed by atoms with Crippen LogP contribution < -0.4 is 11.4 Å². The minimum absolute atomic E-state index is 0.212. The first kappa shape index (κ1) is 17.5. The fourth-order valence-electron chi connectivity index (χ4n) is 6.31. The molecule has 0 fully saturated rings. The third-order valence-corrected chi connectivity index (χ3v) is 7.88. The normalized spacial score (nSPS) is 30.8. The van der Waals surface area contributed by atoms with E-state index in [0.717, 1.165) is 0 Å². The molecule has 0 spiro atoms. The first-order chi connectivity index (χ1) is 14.4. The molecule has 1 aromatic heterocycles. The molecule has 3 heterocycles. The van der Waals surface area contributed by atoms with Gasteiger partial charge in [0.2, 0.25) is 0 Å². The fraction of sp³-hybridized carbons (Fsp3) is 0.280. The van der Waals surface area contributed by atoms with E-state index in [1.165, 1.54) is 26.8 Å². The van der Waals surface area contributed by atoms with Crippen LogP contribution in [0.5, 0.6) is 0 Å². The van der Waals surface area contributed by atoms with E-state index in [1.54, 1.807) is 16.4 Å². The number of aromatic nitrogens is 3. The highest BCUT2D eigenvalue weighted by Crippen LogP contribution is 2.77. The summed E-state index contributed by atoms with van der Waals surface area (Å²) < 4.78 is 4.59. The van der Waals surface area contributed by atoms with E-state index in [4.69, 9.17) is 0 Å². The third-order valence-electron chi connectivity index (χ3n) is 7.88. The van der Waals surface area contributed by atoms with Gasteiger partial charge in [-0.3, -0.25) is 0 Å². The van der Waals surface area contributed by atoms with Gasteiger partial charge in [0, 0.05) is 17.9 Å². The summed E-state index contributed by atoms with van der Waals surface area (Å²) in [5.74, 6) is 0. The summed E-state index contributed by atoms with van der Waals surface area (Å²) in [5, 5.41) is 0. The minimum Gasteiger partial charge on any atom is -0.246 e. The molecule has 2 aliphatic heterocycles. The Morgan fingerprint density at radius 3 is 1.40 bits per heavy atom. The van der Waals surface area contributed by atoms with Gasteiger partial charge >= 0.3 is 11.4 Å². The van der Waals surface area contributed by atoms with Crippen molar-refractivity contribution >= 4 is 11.1 Å². The van der Waals surface area contributed by atoms with E-state index >= 15 is 0 Å². The number of benzene rings is 2. The van der Waals surface area contributed by atoms with Crippen LogP contribution in [0.3, 0.4) is 0 Å². The van der Waals surface area contributed by atoms with E-state index in [1.807, 2.05) is 12.1 Å². The molecular formula is C25H23N3O2. The molecule has 0 radical (unpaired) electrons. The lowest BCUT2D eigenvalue weighted by Crippen LogP contribution is -2.65. The van der Waals surface area contributed by atoms with Crippen LogP contribution >= 0.6 is 0 Å². The van der Waals surface area contributed by atoms with Crippen LogP contribution in [0, 0.1) is 10.8 Å². The largest absolute Gasteiger partial charge is 0.347 e. The molecule has 0 N–H and O–H groups in total. The quantitative estimate of drug-likeness (QED) is 0.620. The Labute approximate surface area is 174 Å². The van der Waals surface area contributed by atoms with Gasteiger partial charge in [-0.25, -0.2) is 23.5 Å². The molecule has 2 aromatic carbocycles. The number of rotatable bonds is 2. The van der Waals surface area contributed by atoms with E-state index < -0.39 is 0 Å². The van der Waals surface area contributed by atoms with Crippen molar-refractivity contribution in [2.75, 3.05) is 0 Å². The van der Waals surface area contributed by atoms with Crippen molar-refractivity contribution in [3.63, 3.8) is 0 Å². The van der Waals surface area contributed by atoms with Gasteiger partial charge in [0.25, 0.3) is 0 Å². The van der Waals surface area contributed by atoms with Crippen molar-refractivity contribution in [1.29, 1.82) is 0 Å². The van der Waals surface area contributed by atoms with E-state index in [9.17, 15) is 9.59 Å². The molecule has 0 unspecified atom stereocenters. The zero-order valence-electron chi connectivity index (χ0n) is 17.2. The molecule has 2 bridgehead atoms. The first-order valence-electron chi connectivity index (χ1n) is 10.4. The summed E-state index contributed by atoms with van der Waals surface area (Å²) in [4.78, 5) is 26.0. The van der Waals surface area contributed by atoms with Crippen molar-refractivity contribution in [3.8, 4) is 0 Å². The van der Waals surface area contributed by atoms with Gasteiger partial charge in [0.15, 0.2) is 0 Å². The van der Waals surface area contributed by atoms with Crippen LogP contribution in [0.25, 0.3) is 11.1 Å². The molecular weight excluding hydrogens is 374 g/mol. The summed E-state index contributed by atoms with van der Waals surface area (Å²) in [6.45, 7) is 4.52. The second-order valence-corrected chi connectivity index (χ2v) is 8.97. The molecule has 2 aliphatic carbocycles. The molecule has 5 nitrogen and oxygen atoms in total. The molecule has 5 heteroatoms. The van der Waals surface area contributed by atoms with Crippen LogP contribution in [-0.4, -0.2) is 13.9 Å². The number of nitrogens with zero attached hydrogens (tertiary/aromatic N) is 3. The minimum atomic E-state index is -0.309. The second kappa shape index (κ2) is 5.42. The fourth-order valence-corrected chi connectivity index (χ4v) is 6.31. The van der Waals surface area contributed by atoms with Crippen LogP contribution in [0.4, 0.5) is 0 Å². The SMILES string of the molecule is Cn1c(=O)n2n(c1=O)[C@@H]1C=C[C@H]2[C@]2(C)C(c3ccccc3)=C(c3ccccc3)[C@@]12C. The topological polar surface area (TPSA) is 48.9 Å². The van der Waals surface area contributed by atoms with Crippen molar-refractivity contribution < 1.29 is 0 Å². The molecule has 30 heavy (non-hydrogen) atoms. The highest BCUT2D eigenvalue weighted by atomic mass is 16.2. The summed E-state index contributed by atoms with van der Waals surface area (Å²) in [6, 6.07) is 20.5. The second-order valence-electron chi connectivity index (χ2n) is 8.97. The smallest absolute Gasteiger partial charge is 0.246 e. The van der Waals surface area contributed by atoms with Crippen molar-refractivity contribution in [2.45, 2.75) is 25.9 Å². The average Bonchev–Trinajstić information content (AvgIpc) is 3.00. The lowest BCUT2D eigenvalue weighted by atomic mass is 9.39. The predicted molar refractivity (Wildman–Crippen MR) is 117 cm³/mol. The number of allylic oxidation sites excluding steroid dienone is 4. The van der Waals surface area contributed by atoms with Gasteiger partial charge in [0.05, 0.1) is 12.1 Å². The van der Waals surface area contributed by atoms with Crippen LogP contribution in [0.15, 0.2) is 82.4 Å². The van der Waals surface area contributed by atoms with E-state index in [-0.39, 0.29) is 34.3 Å². The third kappa shape index (κ3) is 1.68. The Balaban J connectivity index is 1.73. The monoisotopic (exact) mass is 397 g/mol. The standard InChI is InChI=1S/C25H23N3O2/c1-24-18-14-15-19(28-23(30)26(3)22(29)27(18)28)25(24,2)21(17-12-8-5-9-13-17)20(24)16-10-6-4-7-11-16/h4-15,18-19H,1-3H3/t18-,19+,24-,25-/m1/s1. The zero-order chi connectivity index (χ0) is 20.8. The predicted octanol–water partition coefficient (Wildman–Crippen LogP) is 3.65. The maximum atomic E-state index is 13.0. The Kier molecular flexibility index (Phi) is 3.16. The number of hydrogen-bond donors (Lipinski definition) is 0. The molecule has 0 saturated carbocycles. The molecule has 0 saturated heterocycles. The molecule has 150 valence electrons. The lowest BCUT2D eigenvalue weighted by Gasteiger charge is -2.68. The zero-order valence-corrected chi connectivity index (χ0v) is 17.2. The Hall–Kier alpha value is -3.34. The molecule has 0 amide bonds. The van der Waals surface area contributed by atoms with Gasteiger partial charge < -0.3 is 0 Å². The lowest BCUT2D eigenvalue weighted by molar-refractivity contribution is -0.000469. The summed E-state index contributed by atoms with van der Waals surface area (Å²) >= 11 is 0. The van der Waals surface area contributed by atoms with Gasteiger partial charge in [0.1, 0.15) is 0 Å². The maximum Gasteiger partial charge on any atom is 0.347 e.